The van der Waals surface area contributed by atoms with Crippen LogP contribution in [0.4, 0.5) is 9.52 Å². The average molecular weight is 597 g/mol. The number of thiazole rings is 1. The molecule has 4 rings (SSSR count). The second-order valence-corrected chi connectivity index (χ2v) is 10.5. The number of esters is 1. The highest BCUT2D eigenvalue weighted by Gasteiger charge is 2.48. The van der Waals surface area contributed by atoms with E-state index in [1.54, 1.807) is 32.0 Å². The van der Waals surface area contributed by atoms with Gasteiger partial charge in [0.2, 0.25) is 0 Å². The van der Waals surface area contributed by atoms with Gasteiger partial charge in [-0.1, -0.05) is 37.2 Å². The topological polar surface area (TPSA) is 115 Å². The predicted octanol–water partition coefficient (Wildman–Crippen LogP) is 6.36. The molecule has 0 aliphatic carbocycles. The molecule has 1 N–H and O–H groups in total. The highest BCUT2D eigenvalue weighted by Crippen LogP contribution is 2.45. The largest absolute Gasteiger partial charge is 0.507 e. The molecule has 1 atom stereocenters. The Morgan fingerprint density at radius 2 is 1.76 bits per heavy atom. The molecule has 0 spiro atoms. The van der Waals surface area contributed by atoms with E-state index in [1.807, 2.05) is 6.92 Å². The molecule has 3 aromatic rings. The van der Waals surface area contributed by atoms with Gasteiger partial charge >= 0.3 is 11.9 Å². The molecule has 2 aromatic carbocycles. The van der Waals surface area contributed by atoms with E-state index in [-0.39, 0.29) is 27.8 Å². The van der Waals surface area contributed by atoms with Crippen LogP contribution < -0.4 is 14.4 Å². The van der Waals surface area contributed by atoms with Crippen LogP contribution in [0.1, 0.15) is 72.6 Å². The monoisotopic (exact) mass is 596 g/mol. The Hall–Kier alpha value is -4.25. The van der Waals surface area contributed by atoms with Crippen molar-refractivity contribution in [2.24, 2.45) is 0 Å². The summed E-state index contributed by atoms with van der Waals surface area (Å²) in [6.07, 6.45) is 2.93. The third-order valence-corrected chi connectivity index (χ3v) is 7.74. The first-order valence-corrected chi connectivity index (χ1v) is 14.6. The van der Waals surface area contributed by atoms with Gasteiger partial charge in [-0.2, -0.15) is 0 Å². The number of Topliss-reactive ketones (excluding diaryl/α,β-unsaturated/α-hetero) is 1. The van der Waals surface area contributed by atoms with E-state index >= 15 is 0 Å². The number of carbonyl (C=O) groups is 3. The molecule has 9 nitrogen and oxygen atoms in total. The Balaban J connectivity index is 1.87. The molecule has 1 unspecified atom stereocenters. The lowest BCUT2D eigenvalue weighted by Crippen LogP contribution is -2.29. The Kier molecular flexibility index (Phi) is 9.95. The number of amides is 1. The van der Waals surface area contributed by atoms with E-state index in [4.69, 9.17) is 14.2 Å². The Bertz CT molecular complexity index is 1500. The number of rotatable bonds is 12. The van der Waals surface area contributed by atoms with Crippen LogP contribution in [0.15, 0.2) is 48.0 Å². The highest BCUT2D eigenvalue weighted by molar-refractivity contribution is 7.17. The van der Waals surface area contributed by atoms with Crippen molar-refractivity contribution >= 4 is 39.9 Å². The number of nitrogens with zero attached hydrogens (tertiary/aromatic N) is 2. The third-order valence-electron chi connectivity index (χ3n) is 6.60. The molecular formula is C31H33FN2O7S. The minimum absolute atomic E-state index is 0.0821. The first-order chi connectivity index (χ1) is 20.2. The first kappa shape index (κ1) is 30.7. The number of carbonyl (C=O) groups excluding carboxylic acids is 3. The predicted molar refractivity (Wildman–Crippen MR) is 157 cm³/mol. The van der Waals surface area contributed by atoms with Crippen LogP contribution in [0.2, 0.25) is 0 Å². The summed E-state index contributed by atoms with van der Waals surface area (Å²) in [7, 11) is 0. The molecule has 0 radical (unpaired) electrons. The maximum Gasteiger partial charge on any atom is 0.350 e. The fourth-order valence-electron chi connectivity index (χ4n) is 4.60. The maximum atomic E-state index is 13.6. The molecule has 0 bridgehead atoms. The van der Waals surface area contributed by atoms with Gasteiger partial charge in [0.05, 0.1) is 37.1 Å². The molecule has 222 valence electrons. The van der Waals surface area contributed by atoms with Crippen molar-refractivity contribution in [2.45, 2.75) is 53.0 Å². The number of aromatic nitrogens is 1. The SMILES string of the molecule is CCCCCOc1ccc(C2/C(=C(\O)c3ccc(F)cc3)C(=O)C(=O)N2c2nc(C)c(C(=O)OCC)s2)cc1OCC. The second-order valence-electron chi connectivity index (χ2n) is 9.50. The number of anilines is 1. The van der Waals surface area contributed by atoms with Crippen LogP contribution in [0.5, 0.6) is 11.5 Å². The van der Waals surface area contributed by atoms with Crippen LogP contribution >= 0.6 is 11.3 Å². The van der Waals surface area contributed by atoms with Crippen molar-refractivity contribution in [1.82, 2.24) is 4.98 Å². The summed E-state index contributed by atoms with van der Waals surface area (Å²) in [5.41, 5.74) is 0.713. The maximum absolute atomic E-state index is 13.6. The zero-order valence-electron chi connectivity index (χ0n) is 23.9. The lowest BCUT2D eigenvalue weighted by molar-refractivity contribution is -0.132. The molecule has 1 aliphatic rings. The van der Waals surface area contributed by atoms with Crippen LogP contribution in [-0.2, 0) is 14.3 Å². The number of aliphatic hydroxyl groups is 1. The van der Waals surface area contributed by atoms with E-state index in [0.717, 1.165) is 47.6 Å². The summed E-state index contributed by atoms with van der Waals surface area (Å²) in [6.45, 7) is 8.18. The summed E-state index contributed by atoms with van der Waals surface area (Å²) in [6, 6.07) is 8.84. The van der Waals surface area contributed by atoms with Gasteiger partial charge in [-0.05, 0) is 69.2 Å². The molecule has 1 saturated heterocycles. The fourth-order valence-corrected chi connectivity index (χ4v) is 5.58. The summed E-state index contributed by atoms with van der Waals surface area (Å²) >= 11 is 0.911. The zero-order chi connectivity index (χ0) is 30.4. The Labute approximate surface area is 247 Å². The Morgan fingerprint density at radius 1 is 1.02 bits per heavy atom. The quantitative estimate of drug-likeness (QED) is 0.0844. The number of halogens is 1. The molecule has 2 heterocycles. The van der Waals surface area contributed by atoms with Gasteiger partial charge in [0.1, 0.15) is 16.5 Å². The molecule has 1 amide bonds. The van der Waals surface area contributed by atoms with Gasteiger partial charge in [-0.25, -0.2) is 14.2 Å². The molecule has 0 saturated carbocycles. The fraction of sp³-hybridized carbons (Fsp3) is 0.355. The van der Waals surface area contributed by atoms with Crippen LogP contribution in [0.25, 0.3) is 5.76 Å². The number of ether oxygens (including phenoxy) is 3. The van der Waals surface area contributed by atoms with E-state index < -0.39 is 35.3 Å². The number of unbranched alkanes of at least 4 members (excludes halogenated alkanes) is 2. The van der Waals surface area contributed by atoms with E-state index in [2.05, 4.69) is 11.9 Å². The highest BCUT2D eigenvalue weighted by atomic mass is 32.1. The van der Waals surface area contributed by atoms with Gasteiger partial charge in [0.15, 0.2) is 16.6 Å². The van der Waals surface area contributed by atoms with Crippen molar-refractivity contribution in [2.75, 3.05) is 24.7 Å². The number of benzene rings is 2. The summed E-state index contributed by atoms with van der Waals surface area (Å²) < 4.78 is 30.6. The van der Waals surface area contributed by atoms with Crippen molar-refractivity contribution in [3.63, 3.8) is 0 Å². The molecular weight excluding hydrogens is 563 g/mol. The van der Waals surface area contributed by atoms with Crippen LogP contribution in [-0.4, -0.2) is 47.6 Å². The summed E-state index contributed by atoms with van der Waals surface area (Å²) in [4.78, 5) is 45.4. The molecule has 11 heteroatoms. The number of ketones is 1. The lowest BCUT2D eigenvalue weighted by atomic mass is 9.95. The van der Waals surface area contributed by atoms with Gasteiger partial charge in [-0.15, -0.1) is 0 Å². The summed E-state index contributed by atoms with van der Waals surface area (Å²) in [5.74, 6) is -2.58. The molecule has 42 heavy (non-hydrogen) atoms. The van der Waals surface area contributed by atoms with E-state index in [0.29, 0.717) is 36.0 Å². The van der Waals surface area contributed by atoms with E-state index in [9.17, 15) is 23.9 Å². The van der Waals surface area contributed by atoms with Crippen molar-refractivity contribution in [3.05, 3.63) is 75.6 Å². The number of aryl methyl sites for hydroxylation is 1. The van der Waals surface area contributed by atoms with Gasteiger partial charge in [-0.3, -0.25) is 14.5 Å². The van der Waals surface area contributed by atoms with Gasteiger partial charge < -0.3 is 19.3 Å². The normalized spacial score (nSPS) is 16.1. The van der Waals surface area contributed by atoms with Crippen LogP contribution in [0, 0.1) is 12.7 Å². The third kappa shape index (κ3) is 6.30. The summed E-state index contributed by atoms with van der Waals surface area (Å²) in [5, 5.41) is 11.4. The molecule has 1 fully saturated rings. The van der Waals surface area contributed by atoms with Crippen molar-refractivity contribution < 1.29 is 38.1 Å². The lowest BCUT2D eigenvalue weighted by Gasteiger charge is -2.24. The van der Waals surface area contributed by atoms with Crippen molar-refractivity contribution in [3.8, 4) is 11.5 Å². The number of aliphatic hydroxyl groups excluding tert-OH is 1. The average Bonchev–Trinajstić information content (AvgIpc) is 3.48. The number of hydrogen-bond donors (Lipinski definition) is 1. The van der Waals surface area contributed by atoms with Gasteiger partial charge in [0.25, 0.3) is 5.78 Å². The van der Waals surface area contributed by atoms with Crippen LogP contribution in [0.3, 0.4) is 0 Å². The minimum Gasteiger partial charge on any atom is -0.507 e. The minimum atomic E-state index is -1.14. The zero-order valence-corrected chi connectivity index (χ0v) is 24.8. The molecule has 1 aliphatic heterocycles. The first-order valence-electron chi connectivity index (χ1n) is 13.8. The van der Waals surface area contributed by atoms with Gasteiger partial charge in [0, 0.05) is 5.56 Å². The Morgan fingerprint density at radius 3 is 2.43 bits per heavy atom. The standard InChI is InChI=1S/C31H33FN2O7S/c1-5-8-9-16-41-22-15-12-20(17-23(22)39-6-2)25-24(26(35)19-10-13-21(32)14-11-19)27(36)29(37)34(25)31-33-18(4)28(42-31)30(38)40-7-3/h10-15,17,25,35H,5-9,16H2,1-4H3/b26-24+. The molecule has 1 aromatic heterocycles. The van der Waals surface area contributed by atoms with E-state index in [1.165, 1.54) is 12.1 Å². The number of hydrogen-bond acceptors (Lipinski definition) is 9. The second kappa shape index (κ2) is 13.6. The van der Waals surface area contributed by atoms with Crippen molar-refractivity contribution in [1.29, 1.82) is 0 Å². The smallest absolute Gasteiger partial charge is 0.350 e.